The van der Waals surface area contributed by atoms with Crippen LogP contribution in [0.2, 0.25) is 12.1 Å². The van der Waals surface area contributed by atoms with E-state index in [1.165, 1.54) is 13.8 Å². The first-order chi connectivity index (χ1) is 10.0. The van der Waals surface area contributed by atoms with Crippen LogP contribution in [0, 0.1) is 0 Å². The third kappa shape index (κ3) is 5.88. The first-order valence-corrected chi connectivity index (χ1v) is 11.1. The van der Waals surface area contributed by atoms with Crippen LogP contribution in [0.15, 0.2) is 0 Å². The molecule has 0 rings (SSSR count). The summed E-state index contributed by atoms with van der Waals surface area (Å²) in [4.78, 5) is 0. The van der Waals surface area contributed by atoms with Crippen LogP contribution in [-0.2, 0) is 28.0 Å². The van der Waals surface area contributed by atoms with Crippen molar-refractivity contribution in [3.05, 3.63) is 0 Å². The topological polar surface area (TPSA) is 86.7 Å². The van der Waals surface area contributed by atoms with Gasteiger partial charge in [0.25, 0.3) is 0 Å². The zero-order valence-corrected chi connectivity index (χ0v) is 14.5. The van der Waals surface area contributed by atoms with Gasteiger partial charge in [-0.15, -0.1) is 0 Å². The Morgan fingerprint density at radius 2 is 1.00 bits per heavy atom. The third-order valence-corrected chi connectivity index (χ3v) is 10.2. The fourth-order valence-corrected chi connectivity index (χ4v) is 8.98. The van der Waals surface area contributed by atoms with Crippen LogP contribution in [0.5, 0.6) is 0 Å². The average molecular weight is 412 g/mol. The Balaban J connectivity index is 5.95. The summed E-state index contributed by atoms with van der Waals surface area (Å²) in [6.45, 7) is 2.59. The molecule has 15 heteroatoms. The fraction of sp³-hybridized carbons (Fsp3) is 1.00. The molecule has 0 bridgehead atoms. The number of hydrogen-bond donors (Lipinski definition) is 0. The highest BCUT2D eigenvalue weighted by atomic mass is 32.2. The Morgan fingerprint density at radius 3 is 1.17 bits per heavy atom. The van der Waals surface area contributed by atoms with Gasteiger partial charge in [0.05, 0.1) is 0 Å². The van der Waals surface area contributed by atoms with Crippen molar-refractivity contribution in [1.82, 2.24) is 0 Å². The van der Waals surface area contributed by atoms with Gasteiger partial charge < -0.3 is 0 Å². The molecular formula is C8H14F6O6S2Si. The summed E-state index contributed by atoms with van der Waals surface area (Å²) < 4.78 is 126. The molecule has 0 spiro atoms. The smallest absolute Gasteiger partial charge is 0.276 e. The van der Waals surface area contributed by atoms with Crippen molar-refractivity contribution in [2.45, 2.75) is 49.8 Å². The summed E-state index contributed by atoms with van der Waals surface area (Å²) in [5, 5.41) is 0. The molecule has 0 atom stereocenters. The highest BCUT2D eigenvalue weighted by molar-refractivity contribution is 7.90. The standard InChI is InChI=1S/C8H14F6O6S2Si/c1-3-5-23(6-4-2,19-21(15,16)7(9,10)11)20-22(17,18)8(12,13)14/h3-6H2,1-2H3. The Hall–Kier alpha value is -0.383. The second-order valence-electron chi connectivity index (χ2n) is 4.38. The maximum absolute atomic E-state index is 12.4. The molecule has 0 aromatic rings. The molecule has 0 saturated heterocycles. The summed E-state index contributed by atoms with van der Waals surface area (Å²) in [5.41, 5.74) is -11.8. The Labute approximate surface area is 130 Å². The minimum atomic E-state index is -6.31. The second-order valence-corrected chi connectivity index (χ2v) is 11.3. The van der Waals surface area contributed by atoms with Crippen molar-refractivity contribution in [2.75, 3.05) is 0 Å². The van der Waals surface area contributed by atoms with Crippen molar-refractivity contribution in [2.24, 2.45) is 0 Å². The lowest BCUT2D eigenvalue weighted by Crippen LogP contribution is -2.49. The maximum atomic E-state index is 12.4. The van der Waals surface area contributed by atoms with Crippen LogP contribution in [0.4, 0.5) is 26.3 Å². The van der Waals surface area contributed by atoms with E-state index < -0.39 is 51.9 Å². The first kappa shape index (κ1) is 22.6. The Morgan fingerprint density at radius 1 is 0.739 bits per heavy atom. The molecule has 0 aliphatic rings. The number of alkyl halides is 6. The van der Waals surface area contributed by atoms with Gasteiger partial charge >= 0.3 is 39.8 Å². The maximum Gasteiger partial charge on any atom is 0.522 e. The van der Waals surface area contributed by atoms with E-state index in [9.17, 15) is 43.2 Å². The summed E-state index contributed by atoms with van der Waals surface area (Å²) in [6.07, 6.45) is -0.292. The second kappa shape index (κ2) is 7.24. The summed E-state index contributed by atoms with van der Waals surface area (Å²) >= 11 is 0. The van der Waals surface area contributed by atoms with Gasteiger partial charge in [0.1, 0.15) is 0 Å². The molecule has 0 heterocycles. The van der Waals surface area contributed by atoms with Crippen molar-refractivity contribution in [3.8, 4) is 0 Å². The van der Waals surface area contributed by atoms with Crippen molar-refractivity contribution in [3.63, 3.8) is 0 Å². The fourth-order valence-electron chi connectivity index (χ4n) is 1.56. The quantitative estimate of drug-likeness (QED) is 0.346. The molecule has 0 saturated carbocycles. The largest absolute Gasteiger partial charge is 0.522 e. The van der Waals surface area contributed by atoms with Gasteiger partial charge in [-0.05, 0) is 12.1 Å². The van der Waals surface area contributed by atoms with Crippen molar-refractivity contribution in [1.29, 1.82) is 0 Å². The molecule has 0 N–H and O–H groups in total. The van der Waals surface area contributed by atoms with Gasteiger partial charge in [0.15, 0.2) is 0 Å². The van der Waals surface area contributed by atoms with Crippen LogP contribution < -0.4 is 0 Å². The van der Waals surface area contributed by atoms with Crippen LogP contribution >= 0.6 is 0 Å². The van der Waals surface area contributed by atoms with Crippen LogP contribution in [0.25, 0.3) is 0 Å². The van der Waals surface area contributed by atoms with E-state index in [1.54, 1.807) is 0 Å². The van der Waals surface area contributed by atoms with Crippen LogP contribution in [0.3, 0.4) is 0 Å². The van der Waals surface area contributed by atoms with Gasteiger partial charge in [0, 0.05) is 0 Å². The molecule has 0 aromatic heterocycles. The molecule has 0 aliphatic heterocycles. The van der Waals surface area contributed by atoms with Crippen LogP contribution in [-0.4, -0.2) is 36.4 Å². The van der Waals surface area contributed by atoms with Gasteiger partial charge in [0.2, 0.25) is 0 Å². The van der Waals surface area contributed by atoms with E-state index in [0.717, 1.165) is 0 Å². The monoisotopic (exact) mass is 412 g/mol. The molecular weight excluding hydrogens is 398 g/mol. The highest BCUT2D eigenvalue weighted by Gasteiger charge is 2.58. The number of rotatable bonds is 8. The highest BCUT2D eigenvalue weighted by Crippen LogP contribution is 2.36. The zero-order chi connectivity index (χ0) is 18.7. The predicted molar refractivity (Wildman–Crippen MR) is 68.1 cm³/mol. The normalized spacial score (nSPS) is 15.0. The molecule has 23 heavy (non-hydrogen) atoms. The number of halogens is 6. The number of hydrogen-bond acceptors (Lipinski definition) is 6. The van der Waals surface area contributed by atoms with E-state index in [-0.39, 0.29) is 12.8 Å². The van der Waals surface area contributed by atoms with Gasteiger partial charge in [-0.1, -0.05) is 26.7 Å². The third-order valence-electron chi connectivity index (χ3n) is 2.35. The molecule has 0 aliphatic carbocycles. The van der Waals surface area contributed by atoms with E-state index in [1.807, 2.05) is 0 Å². The van der Waals surface area contributed by atoms with Gasteiger partial charge in [-0.25, -0.2) is 0 Å². The molecule has 0 fully saturated rings. The lowest BCUT2D eigenvalue weighted by Gasteiger charge is -2.29. The van der Waals surface area contributed by atoms with E-state index in [0.29, 0.717) is 0 Å². The predicted octanol–water partition coefficient (Wildman–Crippen LogP) is 2.98. The molecule has 6 nitrogen and oxygen atoms in total. The molecule has 0 amide bonds. The van der Waals surface area contributed by atoms with E-state index >= 15 is 0 Å². The SMILES string of the molecule is CCC[Si](CCC)(OS(=O)(=O)C(F)(F)F)OS(=O)(=O)C(F)(F)F. The van der Waals surface area contributed by atoms with Crippen molar-refractivity contribution < 1.29 is 50.9 Å². The van der Waals surface area contributed by atoms with E-state index in [2.05, 4.69) is 7.74 Å². The summed E-state index contributed by atoms with van der Waals surface area (Å²) in [5.74, 6) is 0. The minimum Gasteiger partial charge on any atom is -0.276 e. The molecule has 0 aromatic carbocycles. The summed E-state index contributed by atoms with van der Waals surface area (Å²) in [6, 6.07) is -1.38. The molecule has 0 unspecified atom stereocenters. The van der Waals surface area contributed by atoms with Crippen LogP contribution in [0.1, 0.15) is 26.7 Å². The van der Waals surface area contributed by atoms with Crippen molar-refractivity contribution >= 4 is 28.8 Å². The van der Waals surface area contributed by atoms with Gasteiger partial charge in [-0.3, -0.25) is 7.74 Å². The Bertz CT molecular complexity index is 542. The lowest BCUT2D eigenvalue weighted by atomic mass is 10.6. The average Bonchev–Trinajstić information content (AvgIpc) is 2.24. The molecule has 0 radical (unpaired) electrons. The van der Waals surface area contributed by atoms with Gasteiger partial charge in [-0.2, -0.15) is 43.2 Å². The molecule has 140 valence electrons. The summed E-state index contributed by atoms with van der Waals surface area (Å²) in [7, 11) is -17.5. The lowest BCUT2D eigenvalue weighted by molar-refractivity contribution is -0.0533. The van der Waals surface area contributed by atoms with E-state index in [4.69, 9.17) is 0 Å². The Kier molecular flexibility index (Phi) is 7.12. The minimum absolute atomic E-state index is 0.146. The zero-order valence-electron chi connectivity index (χ0n) is 11.9. The first-order valence-electron chi connectivity index (χ1n) is 6.07.